The second-order valence-electron chi connectivity index (χ2n) is 9.05. The molecule has 6 heteroatoms. The zero-order valence-corrected chi connectivity index (χ0v) is 20.7. The molecule has 0 heterocycles. The van der Waals surface area contributed by atoms with E-state index >= 15 is 0 Å². The third-order valence-corrected chi connectivity index (χ3v) is 6.42. The molecule has 0 aliphatic heterocycles. The maximum atomic E-state index is 13.3. The van der Waals surface area contributed by atoms with Crippen molar-refractivity contribution in [1.29, 1.82) is 0 Å². The fourth-order valence-corrected chi connectivity index (χ4v) is 4.41. The standard InChI is InChI=1S/C28H38N2O4/c1-4-26(28(32)29-23-8-5-6-9-23)30(20-22-13-11-21(2)12-14-22)27(31)10-7-19-34-25-17-15-24(33-3)16-18-25/h11-18,23,26H,4-10,19-20H2,1-3H3,(H,29,32). The van der Waals surface area contributed by atoms with Gasteiger partial charge in [0.05, 0.1) is 13.7 Å². The number of carbonyl (C=O) groups is 2. The van der Waals surface area contributed by atoms with Crippen molar-refractivity contribution in [1.82, 2.24) is 10.2 Å². The zero-order valence-electron chi connectivity index (χ0n) is 20.7. The second-order valence-corrected chi connectivity index (χ2v) is 9.05. The van der Waals surface area contributed by atoms with Crippen LogP contribution in [0.25, 0.3) is 0 Å². The lowest BCUT2D eigenvalue weighted by atomic mass is 10.1. The number of rotatable bonds is 12. The van der Waals surface area contributed by atoms with Gasteiger partial charge in [-0.15, -0.1) is 0 Å². The average Bonchev–Trinajstić information content (AvgIpc) is 3.36. The highest BCUT2D eigenvalue weighted by molar-refractivity contribution is 5.87. The fourth-order valence-electron chi connectivity index (χ4n) is 4.41. The van der Waals surface area contributed by atoms with E-state index in [2.05, 4.69) is 5.32 Å². The van der Waals surface area contributed by atoms with Crippen LogP contribution in [0.2, 0.25) is 0 Å². The van der Waals surface area contributed by atoms with Crippen LogP contribution in [0.4, 0.5) is 0 Å². The van der Waals surface area contributed by atoms with Gasteiger partial charge in [0.15, 0.2) is 0 Å². The van der Waals surface area contributed by atoms with Crippen molar-refractivity contribution in [2.45, 2.75) is 77.4 Å². The monoisotopic (exact) mass is 466 g/mol. The Morgan fingerprint density at radius 3 is 2.29 bits per heavy atom. The van der Waals surface area contributed by atoms with E-state index < -0.39 is 6.04 Å². The molecule has 1 atom stereocenters. The molecule has 0 aromatic heterocycles. The summed E-state index contributed by atoms with van der Waals surface area (Å²) in [7, 11) is 1.63. The lowest BCUT2D eigenvalue weighted by Crippen LogP contribution is -2.50. The molecule has 1 fully saturated rings. The molecule has 1 saturated carbocycles. The molecule has 3 rings (SSSR count). The van der Waals surface area contributed by atoms with E-state index in [0.717, 1.165) is 42.7 Å². The van der Waals surface area contributed by atoms with E-state index in [1.165, 1.54) is 5.56 Å². The van der Waals surface area contributed by atoms with Crippen LogP contribution < -0.4 is 14.8 Å². The summed E-state index contributed by atoms with van der Waals surface area (Å²) < 4.78 is 10.9. The van der Waals surface area contributed by atoms with Gasteiger partial charge in [-0.05, 0) is 62.4 Å². The molecule has 1 aliphatic carbocycles. The summed E-state index contributed by atoms with van der Waals surface area (Å²) in [5.74, 6) is 1.46. The fraction of sp³-hybridized carbons (Fsp3) is 0.500. The highest BCUT2D eigenvalue weighted by Crippen LogP contribution is 2.20. The lowest BCUT2D eigenvalue weighted by Gasteiger charge is -2.31. The minimum Gasteiger partial charge on any atom is -0.497 e. The van der Waals surface area contributed by atoms with Gasteiger partial charge in [0.2, 0.25) is 11.8 Å². The van der Waals surface area contributed by atoms with Crippen LogP contribution in [0.1, 0.15) is 63.0 Å². The third kappa shape index (κ3) is 7.51. The van der Waals surface area contributed by atoms with Crippen molar-refractivity contribution in [3.63, 3.8) is 0 Å². The molecule has 1 unspecified atom stereocenters. The number of amides is 2. The Morgan fingerprint density at radius 2 is 1.68 bits per heavy atom. The number of aryl methyl sites for hydroxylation is 1. The van der Waals surface area contributed by atoms with Gasteiger partial charge < -0.3 is 19.7 Å². The maximum Gasteiger partial charge on any atom is 0.243 e. The van der Waals surface area contributed by atoms with Gasteiger partial charge in [-0.1, -0.05) is 49.6 Å². The number of nitrogens with zero attached hydrogens (tertiary/aromatic N) is 1. The molecule has 34 heavy (non-hydrogen) atoms. The molecule has 184 valence electrons. The Balaban J connectivity index is 1.62. The first kappa shape index (κ1) is 25.6. The van der Waals surface area contributed by atoms with E-state index in [1.807, 2.05) is 62.4 Å². The normalized spacial score (nSPS) is 14.4. The first-order valence-corrected chi connectivity index (χ1v) is 12.4. The smallest absolute Gasteiger partial charge is 0.243 e. The van der Waals surface area contributed by atoms with Crippen LogP contribution in [0, 0.1) is 6.92 Å². The number of methoxy groups -OCH3 is 1. The SMILES string of the molecule is CCC(C(=O)NC1CCCC1)N(Cc1ccc(C)cc1)C(=O)CCCOc1ccc(OC)cc1. The van der Waals surface area contributed by atoms with Crippen LogP contribution in [-0.2, 0) is 16.1 Å². The first-order chi connectivity index (χ1) is 16.5. The van der Waals surface area contributed by atoms with Crippen molar-refractivity contribution in [3.8, 4) is 11.5 Å². The highest BCUT2D eigenvalue weighted by atomic mass is 16.5. The predicted molar refractivity (Wildman–Crippen MR) is 134 cm³/mol. The largest absolute Gasteiger partial charge is 0.497 e. The van der Waals surface area contributed by atoms with Crippen LogP contribution in [0.15, 0.2) is 48.5 Å². The van der Waals surface area contributed by atoms with E-state index in [4.69, 9.17) is 9.47 Å². The van der Waals surface area contributed by atoms with Crippen LogP contribution in [-0.4, -0.2) is 42.5 Å². The van der Waals surface area contributed by atoms with Gasteiger partial charge in [-0.3, -0.25) is 9.59 Å². The van der Waals surface area contributed by atoms with Gasteiger partial charge in [-0.2, -0.15) is 0 Å². The number of benzene rings is 2. The summed E-state index contributed by atoms with van der Waals surface area (Å²) in [6.45, 7) is 4.87. The van der Waals surface area contributed by atoms with Gasteiger partial charge in [-0.25, -0.2) is 0 Å². The Bertz CT molecular complexity index is 905. The Morgan fingerprint density at radius 1 is 1.03 bits per heavy atom. The van der Waals surface area contributed by atoms with Crippen molar-refractivity contribution in [3.05, 3.63) is 59.7 Å². The first-order valence-electron chi connectivity index (χ1n) is 12.4. The summed E-state index contributed by atoms with van der Waals surface area (Å²) in [6, 6.07) is 15.3. The number of hydrogen-bond donors (Lipinski definition) is 1. The molecule has 0 bridgehead atoms. The summed E-state index contributed by atoms with van der Waals surface area (Å²) in [6.07, 6.45) is 5.85. The molecule has 0 saturated heterocycles. The summed E-state index contributed by atoms with van der Waals surface area (Å²) in [4.78, 5) is 28.2. The van der Waals surface area contributed by atoms with Crippen LogP contribution in [0.3, 0.4) is 0 Å². The summed E-state index contributed by atoms with van der Waals surface area (Å²) >= 11 is 0. The molecular formula is C28H38N2O4. The molecule has 1 aliphatic rings. The van der Waals surface area contributed by atoms with E-state index in [1.54, 1.807) is 12.0 Å². The quantitative estimate of drug-likeness (QED) is 0.446. The average molecular weight is 467 g/mol. The molecule has 2 amide bonds. The Hall–Kier alpha value is -3.02. The molecule has 2 aromatic carbocycles. The third-order valence-electron chi connectivity index (χ3n) is 6.42. The number of ether oxygens (including phenoxy) is 2. The highest BCUT2D eigenvalue weighted by Gasteiger charge is 2.30. The molecule has 0 spiro atoms. The number of nitrogens with one attached hydrogen (secondary N) is 1. The van der Waals surface area contributed by atoms with E-state index in [0.29, 0.717) is 32.4 Å². The lowest BCUT2D eigenvalue weighted by molar-refractivity contribution is -0.141. The molecular weight excluding hydrogens is 428 g/mol. The van der Waals surface area contributed by atoms with Crippen LogP contribution >= 0.6 is 0 Å². The number of carbonyl (C=O) groups excluding carboxylic acids is 2. The Labute approximate surface area is 203 Å². The second kappa shape index (κ2) is 13.0. The maximum absolute atomic E-state index is 13.3. The summed E-state index contributed by atoms with van der Waals surface area (Å²) in [5, 5.41) is 3.19. The van der Waals surface area contributed by atoms with Gasteiger partial charge in [0.25, 0.3) is 0 Å². The van der Waals surface area contributed by atoms with E-state index in [-0.39, 0.29) is 17.9 Å². The van der Waals surface area contributed by atoms with Crippen molar-refractivity contribution in [2.75, 3.05) is 13.7 Å². The van der Waals surface area contributed by atoms with Gasteiger partial charge >= 0.3 is 0 Å². The van der Waals surface area contributed by atoms with Crippen LogP contribution in [0.5, 0.6) is 11.5 Å². The Kier molecular flexibility index (Phi) is 9.80. The molecule has 6 nitrogen and oxygen atoms in total. The minimum atomic E-state index is -0.475. The van der Waals surface area contributed by atoms with Crippen molar-refractivity contribution in [2.24, 2.45) is 0 Å². The molecule has 1 N–H and O–H groups in total. The predicted octanol–water partition coefficient (Wildman–Crippen LogP) is 5.03. The van der Waals surface area contributed by atoms with Crippen molar-refractivity contribution >= 4 is 11.8 Å². The van der Waals surface area contributed by atoms with E-state index in [9.17, 15) is 9.59 Å². The topological polar surface area (TPSA) is 67.9 Å². The number of hydrogen-bond acceptors (Lipinski definition) is 4. The zero-order chi connectivity index (χ0) is 24.3. The summed E-state index contributed by atoms with van der Waals surface area (Å²) in [5.41, 5.74) is 2.20. The molecule has 0 radical (unpaired) electrons. The van der Waals surface area contributed by atoms with Crippen molar-refractivity contribution < 1.29 is 19.1 Å². The van der Waals surface area contributed by atoms with Gasteiger partial charge in [0.1, 0.15) is 17.5 Å². The van der Waals surface area contributed by atoms with Gasteiger partial charge in [0, 0.05) is 19.0 Å². The minimum absolute atomic E-state index is 0.0210. The molecule has 2 aromatic rings.